The van der Waals surface area contributed by atoms with Gasteiger partial charge in [0, 0.05) is 14.1 Å². The van der Waals surface area contributed by atoms with Crippen LogP contribution in [0.25, 0.3) is 0 Å². The van der Waals surface area contributed by atoms with Crippen LogP contribution in [0.4, 0.5) is 10.2 Å². The molecule has 0 saturated heterocycles. The summed E-state index contributed by atoms with van der Waals surface area (Å²) in [5.41, 5.74) is 0. The van der Waals surface area contributed by atoms with E-state index in [1.807, 2.05) is 0 Å². The predicted molar refractivity (Wildman–Crippen MR) is 78.1 cm³/mol. The molecule has 1 aromatic carbocycles. The summed E-state index contributed by atoms with van der Waals surface area (Å²) in [6.07, 6.45) is 2.12. The Morgan fingerprint density at radius 2 is 1.95 bits per heavy atom. The van der Waals surface area contributed by atoms with Crippen LogP contribution in [0.5, 0.6) is 6.01 Å². The minimum atomic E-state index is -4.08. The molecular formula is C13H13FN4O3S. The lowest BCUT2D eigenvalue weighted by Crippen LogP contribution is -2.12. The maximum Gasteiger partial charge on any atom is 0.341 e. The summed E-state index contributed by atoms with van der Waals surface area (Å²) < 4.78 is 42.3. The van der Waals surface area contributed by atoms with E-state index < -0.39 is 21.9 Å². The number of aliphatic imine (C=N–C) groups is 1. The van der Waals surface area contributed by atoms with E-state index in [1.165, 1.54) is 18.5 Å². The van der Waals surface area contributed by atoms with Crippen LogP contribution < -0.4 is 4.18 Å². The van der Waals surface area contributed by atoms with Crippen LogP contribution >= 0.6 is 0 Å². The minimum Gasteiger partial charge on any atom is -0.369 e. The molecule has 0 fully saturated rings. The second-order valence-electron chi connectivity index (χ2n) is 4.38. The van der Waals surface area contributed by atoms with Gasteiger partial charge in [-0.3, -0.25) is 0 Å². The Morgan fingerprint density at radius 3 is 2.59 bits per heavy atom. The molecule has 0 saturated carbocycles. The number of halogens is 1. The van der Waals surface area contributed by atoms with E-state index in [9.17, 15) is 12.8 Å². The van der Waals surface area contributed by atoms with Crippen LogP contribution in [0.2, 0.25) is 0 Å². The molecule has 0 amide bonds. The van der Waals surface area contributed by atoms with E-state index in [1.54, 1.807) is 37.2 Å². The van der Waals surface area contributed by atoms with Crippen molar-refractivity contribution in [3.05, 3.63) is 42.3 Å². The lowest BCUT2D eigenvalue weighted by atomic mass is 10.4. The Kier molecular flexibility index (Phi) is 4.66. The van der Waals surface area contributed by atoms with Gasteiger partial charge >= 0.3 is 16.1 Å². The van der Waals surface area contributed by atoms with E-state index in [0.717, 1.165) is 6.20 Å². The molecule has 7 nitrogen and oxygen atoms in total. The van der Waals surface area contributed by atoms with Crippen molar-refractivity contribution in [1.29, 1.82) is 0 Å². The van der Waals surface area contributed by atoms with Crippen LogP contribution in [0, 0.1) is 5.82 Å². The van der Waals surface area contributed by atoms with Crippen molar-refractivity contribution in [3.63, 3.8) is 0 Å². The van der Waals surface area contributed by atoms with E-state index in [-0.39, 0.29) is 10.7 Å². The quantitative estimate of drug-likeness (QED) is 0.472. The van der Waals surface area contributed by atoms with Crippen molar-refractivity contribution in [3.8, 4) is 6.01 Å². The van der Waals surface area contributed by atoms with Crippen molar-refractivity contribution in [2.45, 2.75) is 4.90 Å². The standard InChI is InChI=1S/C13H13FN4O3S/c1-18(2)9-16-12-11(14)8-15-13(17-12)21-22(19,20)10-6-4-3-5-7-10/h3-9H,1-2H3/b16-9+. The third kappa shape index (κ3) is 3.98. The summed E-state index contributed by atoms with van der Waals surface area (Å²) in [6.45, 7) is 0. The average Bonchev–Trinajstić information content (AvgIpc) is 2.48. The van der Waals surface area contributed by atoms with E-state index in [0.29, 0.717) is 0 Å². The van der Waals surface area contributed by atoms with Gasteiger partial charge in [0.2, 0.25) is 0 Å². The van der Waals surface area contributed by atoms with Crippen molar-refractivity contribution >= 4 is 22.3 Å². The summed E-state index contributed by atoms with van der Waals surface area (Å²) in [6, 6.07) is 6.99. The Hall–Kier alpha value is -2.55. The number of benzene rings is 1. The maximum atomic E-state index is 13.5. The first-order valence-corrected chi connectivity index (χ1v) is 7.52. The molecule has 9 heteroatoms. The zero-order chi connectivity index (χ0) is 16.2. The summed E-state index contributed by atoms with van der Waals surface area (Å²) in [7, 11) is -0.695. The molecule has 2 rings (SSSR count). The highest BCUT2D eigenvalue weighted by Gasteiger charge is 2.18. The largest absolute Gasteiger partial charge is 0.369 e. The number of hydrogen-bond donors (Lipinski definition) is 0. The number of rotatable bonds is 5. The SMILES string of the molecule is CN(C)/C=N/c1nc(OS(=O)(=O)c2ccccc2)ncc1F. The molecule has 0 N–H and O–H groups in total. The van der Waals surface area contributed by atoms with Gasteiger partial charge in [-0.25, -0.2) is 9.38 Å². The van der Waals surface area contributed by atoms with E-state index in [2.05, 4.69) is 15.0 Å². The number of aromatic nitrogens is 2. The van der Waals surface area contributed by atoms with Crippen LogP contribution in [0.3, 0.4) is 0 Å². The van der Waals surface area contributed by atoms with E-state index >= 15 is 0 Å². The van der Waals surface area contributed by atoms with Crippen molar-refractivity contribution in [2.24, 2.45) is 4.99 Å². The second kappa shape index (κ2) is 6.48. The Morgan fingerprint density at radius 1 is 1.27 bits per heavy atom. The average molecular weight is 324 g/mol. The van der Waals surface area contributed by atoms with Crippen molar-refractivity contribution < 1.29 is 17.0 Å². The third-order valence-corrected chi connectivity index (χ3v) is 3.55. The molecule has 116 valence electrons. The fourth-order valence-electron chi connectivity index (χ4n) is 1.38. The number of hydrogen-bond acceptors (Lipinski definition) is 6. The fraction of sp³-hybridized carbons (Fsp3) is 0.154. The summed E-state index contributed by atoms with van der Waals surface area (Å²) in [5.74, 6) is -1.11. The minimum absolute atomic E-state index is 0.0544. The van der Waals surface area contributed by atoms with Gasteiger partial charge in [0.15, 0.2) is 11.6 Å². The van der Waals surface area contributed by atoms with Gasteiger partial charge in [-0.15, -0.1) is 0 Å². The summed E-state index contributed by atoms with van der Waals surface area (Å²) in [4.78, 5) is 12.4. The number of nitrogens with zero attached hydrogens (tertiary/aromatic N) is 4. The zero-order valence-electron chi connectivity index (χ0n) is 11.8. The molecule has 0 spiro atoms. The first-order chi connectivity index (χ1) is 10.4. The van der Waals surface area contributed by atoms with Gasteiger partial charge in [0.1, 0.15) is 4.90 Å². The fourth-order valence-corrected chi connectivity index (χ4v) is 2.24. The maximum absolute atomic E-state index is 13.5. The molecule has 0 radical (unpaired) electrons. The van der Waals surface area contributed by atoms with Gasteiger partial charge in [-0.2, -0.15) is 18.4 Å². The van der Waals surface area contributed by atoms with Crippen LogP contribution in [0.1, 0.15) is 0 Å². The van der Waals surface area contributed by atoms with Gasteiger partial charge in [-0.1, -0.05) is 18.2 Å². The lowest BCUT2D eigenvalue weighted by Gasteiger charge is -2.06. The molecule has 0 aliphatic heterocycles. The van der Waals surface area contributed by atoms with Gasteiger partial charge in [-0.05, 0) is 12.1 Å². The smallest absolute Gasteiger partial charge is 0.341 e. The van der Waals surface area contributed by atoms with Crippen molar-refractivity contribution in [2.75, 3.05) is 14.1 Å². The molecular weight excluding hydrogens is 311 g/mol. The molecule has 0 aliphatic rings. The van der Waals surface area contributed by atoms with Crippen molar-refractivity contribution in [1.82, 2.24) is 14.9 Å². The molecule has 0 atom stereocenters. The van der Waals surface area contributed by atoms with Crippen LogP contribution in [-0.2, 0) is 10.1 Å². The molecule has 22 heavy (non-hydrogen) atoms. The van der Waals surface area contributed by atoms with Crippen LogP contribution in [0.15, 0.2) is 46.4 Å². The second-order valence-corrected chi connectivity index (χ2v) is 5.93. The molecule has 2 aromatic rings. The molecule has 1 heterocycles. The topological polar surface area (TPSA) is 84.8 Å². The van der Waals surface area contributed by atoms with Gasteiger partial charge in [0.05, 0.1) is 12.5 Å². The molecule has 0 aliphatic carbocycles. The predicted octanol–water partition coefficient (Wildman–Crippen LogP) is 1.60. The van der Waals surface area contributed by atoms with E-state index in [4.69, 9.17) is 4.18 Å². The molecule has 0 bridgehead atoms. The van der Waals surface area contributed by atoms with Crippen LogP contribution in [-0.4, -0.2) is 43.7 Å². The third-order valence-electron chi connectivity index (χ3n) is 2.33. The monoisotopic (exact) mass is 324 g/mol. The zero-order valence-corrected chi connectivity index (χ0v) is 12.7. The first kappa shape index (κ1) is 15.8. The molecule has 0 unspecified atom stereocenters. The normalized spacial score (nSPS) is 11.6. The van der Waals surface area contributed by atoms with Gasteiger partial charge in [0.25, 0.3) is 0 Å². The Balaban J connectivity index is 2.29. The van der Waals surface area contributed by atoms with Gasteiger partial charge < -0.3 is 9.08 Å². The lowest BCUT2D eigenvalue weighted by molar-refractivity contribution is 0.460. The Bertz CT molecular complexity index is 779. The Labute approximate surface area is 127 Å². The summed E-state index contributed by atoms with van der Waals surface area (Å²) in [5, 5.41) is 0. The highest BCUT2D eigenvalue weighted by Crippen LogP contribution is 2.19. The highest BCUT2D eigenvalue weighted by molar-refractivity contribution is 7.87. The highest BCUT2D eigenvalue weighted by atomic mass is 32.2. The summed E-state index contributed by atoms with van der Waals surface area (Å²) >= 11 is 0. The first-order valence-electron chi connectivity index (χ1n) is 6.11. The molecule has 1 aromatic heterocycles.